The smallest absolute Gasteiger partial charge is 0.341 e. The Balaban J connectivity index is 1.47. The van der Waals surface area contributed by atoms with Gasteiger partial charge in [0.05, 0.1) is 5.56 Å². The zero-order valence-electron chi connectivity index (χ0n) is 16.1. The maximum Gasteiger partial charge on any atom is 0.416 e. The molecule has 30 heavy (non-hydrogen) atoms. The molecule has 1 heterocycles. The topological polar surface area (TPSA) is 59.2 Å². The average Bonchev–Trinajstić information content (AvgIpc) is 3.17. The highest BCUT2D eigenvalue weighted by molar-refractivity contribution is 5.75. The van der Waals surface area contributed by atoms with Crippen molar-refractivity contribution in [3.05, 3.63) is 71.4 Å². The van der Waals surface area contributed by atoms with Gasteiger partial charge in [0.1, 0.15) is 5.82 Å². The first-order valence-corrected chi connectivity index (χ1v) is 9.21. The summed E-state index contributed by atoms with van der Waals surface area (Å²) in [4.78, 5) is 18.0. The molecule has 3 rings (SSSR count). The van der Waals surface area contributed by atoms with E-state index in [9.17, 15) is 22.4 Å². The van der Waals surface area contributed by atoms with Crippen LogP contribution >= 0.6 is 0 Å². The van der Waals surface area contributed by atoms with E-state index in [1.54, 1.807) is 19.2 Å². The van der Waals surface area contributed by atoms with Gasteiger partial charge in [-0.3, -0.25) is 4.79 Å². The second-order valence-corrected chi connectivity index (χ2v) is 6.82. The summed E-state index contributed by atoms with van der Waals surface area (Å²) >= 11 is 0. The standard InChI is InChI=1S/C21H19F4N3O2/c1-28(13-14-5-9-16(10-6-14)21(23,24)25)19(29)4-2-3-18-26-20(27-30-18)15-7-11-17(22)12-8-15/h5-12H,2-4,13H2,1H3. The Morgan fingerprint density at radius 2 is 1.73 bits per heavy atom. The molecule has 0 aliphatic rings. The van der Waals surface area contributed by atoms with E-state index < -0.39 is 11.7 Å². The second kappa shape index (κ2) is 9.06. The molecular weight excluding hydrogens is 402 g/mol. The van der Waals surface area contributed by atoms with E-state index in [4.69, 9.17) is 4.52 Å². The minimum absolute atomic E-state index is 0.145. The lowest BCUT2D eigenvalue weighted by atomic mass is 10.1. The fourth-order valence-electron chi connectivity index (χ4n) is 2.82. The fraction of sp³-hybridized carbons (Fsp3) is 0.286. The van der Waals surface area contributed by atoms with Crippen molar-refractivity contribution < 1.29 is 26.9 Å². The van der Waals surface area contributed by atoms with Crippen molar-refractivity contribution in [3.63, 3.8) is 0 Å². The van der Waals surface area contributed by atoms with Crippen molar-refractivity contribution in [3.8, 4) is 11.4 Å². The van der Waals surface area contributed by atoms with Gasteiger partial charge in [-0.25, -0.2) is 4.39 Å². The Labute approximate surface area is 170 Å². The van der Waals surface area contributed by atoms with E-state index in [0.29, 0.717) is 35.7 Å². The minimum atomic E-state index is -4.38. The first-order chi connectivity index (χ1) is 14.2. The molecule has 0 radical (unpaired) electrons. The fourth-order valence-corrected chi connectivity index (χ4v) is 2.82. The summed E-state index contributed by atoms with van der Waals surface area (Å²) in [5, 5.41) is 3.85. The highest BCUT2D eigenvalue weighted by atomic mass is 19.4. The zero-order valence-corrected chi connectivity index (χ0v) is 16.1. The number of amides is 1. The number of hydrogen-bond acceptors (Lipinski definition) is 4. The molecule has 5 nitrogen and oxygen atoms in total. The van der Waals surface area contributed by atoms with E-state index in [1.807, 2.05) is 0 Å². The largest absolute Gasteiger partial charge is 0.416 e. The Morgan fingerprint density at radius 3 is 2.37 bits per heavy atom. The van der Waals surface area contributed by atoms with Gasteiger partial charge in [0.2, 0.25) is 17.6 Å². The van der Waals surface area contributed by atoms with Gasteiger partial charge in [-0.05, 0) is 48.4 Å². The third kappa shape index (κ3) is 5.65. The molecule has 0 saturated carbocycles. The minimum Gasteiger partial charge on any atom is -0.341 e. The van der Waals surface area contributed by atoms with Crippen molar-refractivity contribution in [2.75, 3.05) is 7.05 Å². The lowest BCUT2D eigenvalue weighted by Crippen LogP contribution is -2.26. The number of hydrogen-bond donors (Lipinski definition) is 0. The predicted octanol–water partition coefficient (Wildman–Crippen LogP) is 4.88. The molecule has 0 atom stereocenters. The normalized spacial score (nSPS) is 11.5. The van der Waals surface area contributed by atoms with Crippen LogP contribution in [-0.4, -0.2) is 28.0 Å². The van der Waals surface area contributed by atoms with Crippen LogP contribution < -0.4 is 0 Å². The van der Waals surface area contributed by atoms with E-state index >= 15 is 0 Å². The monoisotopic (exact) mass is 421 g/mol. The van der Waals surface area contributed by atoms with E-state index in [1.165, 1.54) is 29.2 Å². The Bertz CT molecular complexity index is 983. The quantitative estimate of drug-likeness (QED) is 0.511. The number of rotatable bonds is 7. The van der Waals surface area contributed by atoms with Crippen LogP contribution in [0.2, 0.25) is 0 Å². The van der Waals surface area contributed by atoms with Gasteiger partial charge >= 0.3 is 6.18 Å². The second-order valence-electron chi connectivity index (χ2n) is 6.82. The lowest BCUT2D eigenvalue weighted by molar-refractivity contribution is -0.137. The van der Waals surface area contributed by atoms with Gasteiger partial charge in [0, 0.05) is 32.0 Å². The SMILES string of the molecule is CN(Cc1ccc(C(F)(F)F)cc1)C(=O)CCCc1nc(-c2ccc(F)cc2)no1. The molecule has 158 valence electrons. The summed E-state index contributed by atoms with van der Waals surface area (Å²) in [6.07, 6.45) is -3.29. The Morgan fingerprint density at radius 1 is 1.07 bits per heavy atom. The van der Waals surface area contributed by atoms with Crippen LogP contribution in [0.1, 0.15) is 29.9 Å². The number of nitrogens with zero attached hydrogens (tertiary/aromatic N) is 3. The number of carbonyl (C=O) groups excluding carboxylic acids is 1. The van der Waals surface area contributed by atoms with E-state index in [2.05, 4.69) is 10.1 Å². The third-order valence-corrected chi connectivity index (χ3v) is 4.48. The van der Waals surface area contributed by atoms with Crippen LogP contribution in [0.5, 0.6) is 0 Å². The van der Waals surface area contributed by atoms with E-state index in [0.717, 1.165) is 12.1 Å². The molecule has 9 heteroatoms. The number of carbonyl (C=O) groups is 1. The first-order valence-electron chi connectivity index (χ1n) is 9.21. The third-order valence-electron chi connectivity index (χ3n) is 4.48. The van der Waals surface area contributed by atoms with Crippen molar-refractivity contribution in [2.24, 2.45) is 0 Å². The molecule has 1 amide bonds. The summed E-state index contributed by atoms with van der Waals surface area (Å²) in [5.41, 5.74) is 0.512. The van der Waals surface area contributed by atoms with Crippen LogP contribution in [0.4, 0.5) is 17.6 Å². The summed E-state index contributed by atoms with van der Waals surface area (Å²) in [6, 6.07) is 10.4. The highest BCUT2D eigenvalue weighted by Crippen LogP contribution is 2.29. The Hall–Kier alpha value is -3.23. The molecule has 0 saturated heterocycles. The highest BCUT2D eigenvalue weighted by Gasteiger charge is 2.30. The summed E-state index contributed by atoms with van der Waals surface area (Å²) in [5.74, 6) is 0.206. The van der Waals surface area contributed by atoms with Gasteiger partial charge in [-0.1, -0.05) is 17.3 Å². The van der Waals surface area contributed by atoms with Crippen molar-refractivity contribution in [1.82, 2.24) is 15.0 Å². The van der Waals surface area contributed by atoms with Crippen LogP contribution in [0, 0.1) is 5.82 Å². The number of aryl methyl sites for hydroxylation is 1. The van der Waals surface area contributed by atoms with Gasteiger partial charge in [-0.2, -0.15) is 18.2 Å². The summed E-state index contributed by atoms with van der Waals surface area (Å²) in [7, 11) is 1.60. The van der Waals surface area contributed by atoms with Crippen molar-refractivity contribution in [1.29, 1.82) is 0 Å². The number of benzene rings is 2. The molecule has 1 aromatic heterocycles. The maximum atomic E-state index is 13.0. The molecule has 0 unspecified atom stereocenters. The molecule has 2 aromatic carbocycles. The molecule has 0 aliphatic heterocycles. The van der Waals surface area contributed by atoms with Crippen LogP contribution in [0.15, 0.2) is 53.1 Å². The van der Waals surface area contributed by atoms with Crippen LogP contribution in [-0.2, 0) is 23.9 Å². The van der Waals surface area contributed by atoms with Crippen LogP contribution in [0.3, 0.4) is 0 Å². The molecule has 3 aromatic rings. The van der Waals surface area contributed by atoms with Gasteiger partial charge in [-0.15, -0.1) is 0 Å². The molecule has 0 spiro atoms. The van der Waals surface area contributed by atoms with Gasteiger partial charge in [0.25, 0.3) is 0 Å². The Kier molecular flexibility index (Phi) is 6.49. The molecule has 0 N–H and O–H groups in total. The number of aromatic nitrogens is 2. The number of halogens is 4. The lowest BCUT2D eigenvalue weighted by Gasteiger charge is -2.17. The van der Waals surface area contributed by atoms with Gasteiger partial charge < -0.3 is 9.42 Å². The molecule has 0 bridgehead atoms. The average molecular weight is 421 g/mol. The number of alkyl halides is 3. The van der Waals surface area contributed by atoms with Crippen molar-refractivity contribution >= 4 is 5.91 Å². The maximum absolute atomic E-state index is 13.0. The van der Waals surface area contributed by atoms with Crippen LogP contribution in [0.25, 0.3) is 11.4 Å². The predicted molar refractivity (Wildman–Crippen MR) is 101 cm³/mol. The van der Waals surface area contributed by atoms with Gasteiger partial charge in [0.15, 0.2) is 0 Å². The zero-order chi connectivity index (χ0) is 21.7. The first kappa shape index (κ1) is 21.5. The molecular formula is C21H19F4N3O2. The van der Waals surface area contributed by atoms with E-state index in [-0.39, 0.29) is 24.7 Å². The molecule has 0 aliphatic carbocycles. The van der Waals surface area contributed by atoms with Crippen molar-refractivity contribution in [2.45, 2.75) is 32.0 Å². The molecule has 0 fully saturated rings. The summed E-state index contributed by atoms with van der Waals surface area (Å²) < 4.78 is 55.9. The summed E-state index contributed by atoms with van der Waals surface area (Å²) in [6.45, 7) is 0.215.